The fourth-order valence-electron chi connectivity index (χ4n) is 3.98. The Morgan fingerprint density at radius 2 is 2.15 bits per heavy atom. The molecule has 8 heteroatoms. The maximum atomic E-state index is 12.2. The average molecular weight is 372 g/mol. The minimum Gasteiger partial charge on any atom is -0.369 e. The smallest absolute Gasteiger partial charge is 0.248 e. The Morgan fingerprint density at radius 1 is 1.30 bits per heavy atom. The maximum absolute atomic E-state index is 12.2. The summed E-state index contributed by atoms with van der Waals surface area (Å²) in [6.45, 7) is 8.00. The highest BCUT2D eigenvalue weighted by Gasteiger charge is 2.26. The van der Waals surface area contributed by atoms with Crippen molar-refractivity contribution in [1.82, 2.24) is 29.1 Å². The lowest BCUT2D eigenvalue weighted by Gasteiger charge is -2.34. The molecular weight excluding hydrogens is 344 g/mol. The third-order valence-electron chi connectivity index (χ3n) is 5.41. The van der Waals surface area contributed by atoms with Crippen molar-refractivity contribution in [1.29, 1.82) is 0 Å². The molecule has 27 heavy (non-hydrogen) atoms. The Balaban J connectivity index is 1.34. The summed E-state index contributed by atoms with van der Waals surface area (Å²) >= 11 is 0. The molecule has 1 fully saturated rings. The van der Waals surface area contributed by atoms with Crippen molar-refractivity contribution in [2.75, 3.05) is 32.8 Å². The zero-order chi connectivity index (χ0) is 18.6. The molecule has 0 saturated carbocycles. The Morgan fingerprint density at radius 3 is 2.93 bits per heavy atom. The predicted octanol–water partition coefficient (Wildman–Crippen LogP) is 1.30. The van der Waals surface area contributed by atoms with E-state index in [2.05, 4.69) is 32.7 Å². The molecule has 146 valence electrons. The van der Waals surface area contributed by atoms with Crippen molar-refractivity contribution in [2.45, 2.75) is 45.4 Å². The van der Waals surface area contributed by atoms with E-state index >= 15 is 0 Å². The number of nitrogens with zero attached hydrogens (tertiary/aromatic N) is 6. The van der Waals surface area contributed by atoms with E-state index < -0.39 is 0 Å². The van der Waals surface area contributed by atoms with E-state index in [1.807, 2.05) is 28.3 Å². The van der Waals surface area contributed by atoms with E-state index in [1.54, 1.807) is 0 Å². The summed E-state index contributed by atoms with van der Waals surface area (Å²) in [7, 11) is 0. The van der Waals surface area contributed by atoms with E-state index in [4.69, 9.17) is 4.74 Å². The fraction of sp³-hybridized carbons (Fsp3) is 0.632. The van der Waals surface area contributed by atoms with Gasteiger partial charge in [0.1, 0.15) is 6.61 Å². The van der Waals surface area contributed by atoms with Crippen LogP contribution in [0.4, 0.5) is 0 Å². The summed E-state index contributed by atoms with van der Waals surface area (Å²) in [5.41, 5.74) is 2.40. The number of imidazole rings is 1. The topological polar surface area (TPSA) is 68.4 Å². The Bertz CT molecular complexity index is 764. The number of fused-ring (bicyclic) bond motifs is 1. The molecule has 0 aromatic carbocycles. The van der Waals surface area contributed by atoms with Gasteiger partial charge in [0.05, 0.1) is 30.9 Å². The second kappa shape index (κ2) is 8.22. The molecule has 0 unspecified atom stereocenters. The van der Waals surface area contributed by atoms with Gasteiger partial charge in [-0.25, -0.2) is 4.98 Å². The first-order chi connectivity index (χ1) is 13.2. The zero-order valence-electron chi connectivity index (χ0n) is 16.0. The number of hydrogen-bond acceptors (Lipinski definition) is 5. The lowest BCUT2D eigenvalue weighted by molar-refractivity contribution is -0.135. The van der Waals surface area contributed by atoms with Gasteiger partial charge in [0.2, 0.25) is 5.91 Å². The SMILES string of the molecule is CCn1cc(CN2Cc3cncn3[C@H](COCC(=O)N3CCCC3)C2)cn1. The first kappa shape index (κ1) is 18.2. The first-order valence-electron chi connectivity index (χ1n) is 9.83. The minimum absolute atomic E-state index is 0.109. The van der Waals surface area contributed by atoms with Gasteiger partial charge in [-0.15, -0.1) is 0 Å². The largest absolute Gasteiger partial charge is 0.369 e. The van der Waals surface area contributed by atoms with Gasteiger partial charge in [-0.2, -0.15) is 5.10 Å². The van der Waals surface area contributed by atoms with Crippen LogP contribution in [0, 0.1) is 0 Å². The highest BCUT2D eigenvalue weighted by atomic mass is 16.5. The highest BCUT2D eigenvalue weighted by Crippen LogP contribution is 2.23. The lowest BCUT2D eigenvalue weighted by atomic mass is 10.2. The summed E-state index contributed by atoms with van der Waals surface area (Å²) in [4.78, 5) is 20.8. The molecule has 0 radical (unpaired) electrons. The van der Waals surface area contributed by atoms with Gasteiger partial charge in [0.15, 0.2) is 0 Å². The van der Waals surface area contributed by atoms with Crippen LogP contribution in [0.25, 0.3) is 0 Å². The molecule has 4 rings (SSSR count). The molecule has 2 aliphatic heterocycles. The average Bonchev–Trinajstić information content (AvgIpc) is 3.42. The zero-order valence-corrected chi connectivity index (χ0v) is 16.0. The van der Waals surface area contributed by atoms with Gasteiger partial charge in [-0.05, 0) is 19.8 Å². The van der Waals surface area contributed by atoms with Crippen molar-refractivity contribution in [3.63, 3.8) is 0 Å². The van der Waals surface area contributed by atoms with Crippen LogP contribution in [0.3, 0.4) is 0 Å². The summed E-state index contributed by atoms with van der Waals surface area (Å²) in [5.74, 6) is 0.109. The number of rotatable bonds is 7. The van der Waals surface area contributed by atoms with Crippen LogP contribution in [0.15, 0.2) is 24.9 Å². The van der Waals surface area contributed by atoms with E-state index in [0.717, 1.165) is 52.1 Å². The van der Waals surface area contributed by atoms with Gasteiger partial charge in [0, 0.05) is 57.2 Å². The number of aromatic nitrogens is 4. The van der Waals surface area contributed by atoms with E-state index in [0.29, 0.717) is 6.61 Å². The van der Waals surface area contributed by atoms with Crippen LogP contribution in [0.2, 0.25) is 0 Å². The van der Waals surface area contributed by atoms with Crippen molar-refractivity contribution >= 4 is 5.91 Å². The Hall–Kier alpha value is -2.19. The maximum Gasteiger partial charge on any atom is 0.248 e. The lowest BCUT2D eigenvalue weighted by Crippen LogP contribution is -2.39. The van der Waals surface area contributed by atoms with Crippen LogP contribution in [0.5, 0.6) is 0 Å². The number of likely N-dealkylation sites (tertiary alicyclic amines) is 1. The normalized spacial score (nSPS) is 20.2. The standard InChI is InChI=1S/C19H28N6O2/c1-2-24-10-16(7-21-24)9-22-11-17-8-20-15-25(17)18(12-22)13-27-14-19(26)23-5-3-4-6-23/h7-8,10,15,18H,2-6,9,11-14H2,1H3/t18-/m0/s1. The molecule has 8 nitrogen and oxygen atoms in total. The van der Waals surface area contributed by atoms with Crippen LogP contribution < -0.4 is 0 Å². The number of carbonyl (C=O) groups excluding carboxylic acids is 1. The van der Waals surface area contributed by atoms with Gasteiger partial charge in [0.25, 0.3) is 0 Å². The molecule has 0 spiro atoms. The summed E-state index contributed by atoms with van der Waals surface area (Å²) in [5, 5.41) is 4.37. The van der Waals surface area contributed by atoms with Gasteiger partial charge in [-0.3, -0.25) is 14.4 Å². The molecular formula is C19H28N6O2. The third-order valence-corrected chi connectivity index (χ3v) is 5.41. The molecule has 0 bridgehead atoms. The number of hydrogen-bond donors (Lipinski definition) is 0. The fourth-order valence-corrected chi connectivity index (χ4v) is 3.98. The Labute approximate surface area is 159 Å². The second-order valence-electron chi connectivity index (χ2n) is 7.42. The summed E-state index contributed by atoms with van der Waals surface area (Å²) in [6.07, 6.45) is 10.1. The summed E-state index contributed by atoms with van der Waals surface area (Å²) < 4.78 is 9.95. The molecule has 0 aliphatic carbocycles. The van der Waals surface area contributed by atoms with Crippen molar-refractivity contribution < 1.29 is 9.53 Å². The van der Waals surface area contributed by atoms with Crippen LogP contribution >= 0.6 is 0 Å². The Kier molecular flexibility index (Phi) is 5.54. The number of aryl methyl sites for hydroxylation is 1. The van der Waals surface area contributed by atoms with Crippen LogP contribution in [0.1, 0.15) is 37.1 Å². The molecule has 4 heterocycles. The second-order valence-corrected chi connectivity index (χ2v) is 7.42. The third kappa shape index (κ3) is 4.22. The summed E-state index contributed by atoms with van der Waals surface area (Å²) in [6, 6.07) is 0.170. The van der Waals surface area contributed by atoms with Crippen LogP contribution in [-0.2, 0) is 29.2 Å². The number of ether oxygens (including phenoxy) is 1. The molecule has 2 aromatic heterocycles. The van der Waals surface area contributed by atoms with Gasteiger partial charge >= 0.3 is 0 Å². The molecule has 1 saturated heterocycles. The minimum atomic E-state index is 0.109. The molecule has 1 amide bonds. The quantitative estimate of drug-likeness (QED) is 0.733. The molecule has 1 atom stereocenters. The number of carbonyl (C=O) groups is 1. The monoisotopic (exact) mass is 372 g/mol. The molecule has 0 N–H and O–H groups in total. The predicted molar refractivity (Wildman–Crippen MR) is 99.9 cm³/mol. The van der Waals surface area contributed by atoms with Crippen molar-refractivity contribution in [3.8, 4) is 0 Å². The van der Waals surface area contributed by atoms with Gasteiger partial charge in [-0.1, -0.05) is 0 Å². The van der Waals surface area contributed by atoms with Crippen molar-refractivity contribution in [3.05, 3.63) is 36.2 Å². The number of amides is 1. The van der Waals surface area contributed by atoms with E-state index in [1.165, 1.54) is 11.3 Å². The first-order valence-corrected chi connectivity index (χ1v) is 9.83. The van der Waals surface area contributed by atoms with Crippen LogP contribution in [-0.4, -0.2) is 67.9 Å². The molecule has 2 aromatic rings. The highest BCUT2D eigenvalue weighted by molar-refractivity contribution is 5.77. The van der Waals surface area contributed by atoms with Gasteiger partial charge < -0.3 is 14.2 Å². The van der Waals surface area contributed by atoms with E-state index in [-0.39, 0.29) is 18.6 Å². The van der Waals surface area contributed by atoms with Crippen molar-refractivity contribution in [2.24, 2.45) is 0 Å². The molecule has 2 aliphatic rings. The van der Waals surface area contributed by atoms with E-state index in [9.17, 15) is 4.79 Å².